The second-order valence-electron chi connectivity index (χ2n) is 10.1. The summed E-state index contributed by atoms with van der Waals surface area (Å²) in [6.45, 7) is 0. The number of benzene rings is 4. The highest BCUT2D eigenvalue weighted by molar-refractivity contribution is 7.27. The number of aromatic nitrogens is 3. The van der Waals surface area contributed by atoms with Crippen molar-refractivity contribution in [3.63, 3.8) is 0 Å². The van der Waals surface area contributed by atoms with E-state index >= 15 is 0 Å². The molecule has 0 radical (unpaired) electrons. The van der Waals surface area contributed by atoms with E-state index < -0.39 is 0 Å². The number of nitrogens with zero attached hydrogens (tertiary/aromatic N) is 3. The highest BCUT2D eigenvalue weighted by Gasteiger charge is 2.26. The zero-order chi connectivity index (χ0) is 26.2. The topological polar surface area (TPSA) is 22.8 Å². The van der Waals surface area contributed by atoms with E-state index in [-0.39, 0.29) is 0 Å². The fourth-order valence-electron chi connectivity index (χ4n) is 6.51. The summed E-state index contributed by atoms with van der Waals surface area (Å²) in [4.78, 5) is 4.35. The van der Waals surface area contributed by atoms with E-state index in [2.05, 4.69) is 123 Å². The molecule has 0 N–H and O–H groups in total. The Labute approximate surface area is 233 Å². The second-order valence-corrected chi connectivity index (χ2v) is 11.2. The monoisotopic (exact) mass is 527 g/mol. The molecule has 0 unspecified atom stereocenters. The zero-order valence-electron chi connectivity index (χ0n) is 21.4. The second kappa shape index (κ2) is 8.17. The fraction of sp³-hybridized carbons (Fsp3) is 0. The highest BCUT2D eigenvalue weighted by Crippen LogP contribution is 2.51. The number of hydrogen-bond donors (Lipinski definition) is 0. The van der Waals surface area contributed by atoms with Crippen LogP contribution in [-0.4, -0.2) is 14.1 Å². The van der Waals surface area contributed by atoms with E-state index in [0.29, 0.717) is 0 Å². The molecule has 1 aliphatic carbocycles. The molecule has 0 atom stereocenters. The van der Waals surface area contributed by atoms with Gasteiger partial charge in [0.15, 0.2) is 0 Å². The molecule has 9 rings (SSSR count). The van der Waals surface area contributed by atoms with Crippen LogP contribution in [0.4, 0.5) is 0 Å². The number of rotatable bonds is 2. The molecule has 8 aromatic rings. The molecular formula is C36H21N3S. The van der Waals surface area contributed by atoms with Crippen LogP contribution in [0, 0.1) is 0 Å². The molecule has 0 saturated heterocycles. The number of thiophene rings is 1. The molecule has 1 aliphatic rings. The molecule has 0 spiro atoms. The number of fused-ring (bicyclic) bond motifs is 12. The van der Waals surface area contributed by atoms with Crippen LogP contribution in [0.5, 0.6) is 0 Å². The van der Waals surface area contributed by atoms with Gasteiger partial charge in [-0.3, -0.25) is 4.98 Å². The van der Waals surface area contributed by atoms with E-state index in [9.17, 15) is 0 Å². The van der Waals surface area contributed by atoms with Gasteiger partial charge in [-0.05, 0) is 54.6 Å². The van der Waals surface area contributed by atoms with Crippen molar-refractivity contribution in [1.82, 2.24) is 14.1 Å². The lowest BCUT2D eigenvalue weighted by Crippen LogP contribution is -1.99. The first-order valence-electron chi connectivity index (χ1n) is 13.4. The van der Waals surface area contributed by atoms with Crippen molar-refractivity contribution < 1.29 is 0 Å². The van der Waals surface area contributed by atoms with Crippen molar-refractivity contribution in [1.29, 1.82) is 0 Å². The molecule has 4 heterocycles. The summed E-state index contributed by atoms with van der Waals surface area (Å²) in [5, 5.41) is 7.76. The first kappa shape index (κ1) is 21.7. The Morgan fingerprint density at radius 1 is 0.625 bits per heavy atom. The first-order chi connectivity index (χ1) is 19.9. The van der Waals surface area contributed by atoms with Crippen molar-refractivity contribution in [2.75, 3.05) is 0 Å². The number of allylic oxidation sites excluding steroid dienone is 5. The van der Waals surface area contributed by atoms with Gasteiger partial charge in [-0.1, -0.05) is 60.7 Å². The molecular weight excluding hydrogens is 506 g/mol. The van der Waals surface area contributed by atoms with Gasteiger partial charge >= 0.3 is 0 Å². The Kier molecular flexibility index (Phi) is 4.44. The molecule has 186 valence electrons. The standard InChI is InChI=1S/C36H21N3S/c1-2-4-12-23(11-3-1)38-29-17-9-6-14-26(29)33-35(38)34-31(32-27-15-7-10-18-30(27)40-36(32)33)25-13-5-8-16-28(25)39(34)24-19-21-37-22-20-24/h1,3-22H. The highest BCUT2D eigenvalue weighted by atomic mass is 32.1. The predicted octanol–water partition coefficient (Wildman–Crippen LogP) is 9.78. The number of pyridine rings is 1. The van der Waals surface area contributed by atoms with Gasteiger partial charge in [0.2, 0.25) is 0 Å². The smallest absolute Gasteiger partial charge is 0.0803 e. The summed E-state index contributed by atoms with van der Waals surface area (Å²) in [6, 6.07) is 30.7. The molecule has 0 amide bonds. The molecule has 0 saturated carbocycles. The van der Waals surface area contributed by atoms with Crippen LogP contribution in [0.2, 0.25) is 0 Å². The minimum absolute atomic E-state index is 1.10. The third-order valence-corrected chi connectivity index (χ3v) is 9.22. The van der Waals surface area contributed by atoms with Gasteiger partial charge in [0.05, 0.1) is 22.1 Å². The van der Waals surface area contributed by atoms with Crippen molar-refractivity contribution in [2.45, 2.75) is 0 Å². The average molecular weight is 528 g/mol. The molecule has 0 fully saturated rings. The van der Waals surface area contributed by atoms with Crippen molar-refractivity contribution in [3.05, 3.63) is 133 Å². The van der Waals surface area contributed by atoms with Crippen molar-refractivity contribution >= 4 is 80.8 Å². The largest absolute Gasteiger partial charge is 0.307 e. The minimum atomic E-state index is 1.10. The van der Waals surface area contributed by atoms with E-state index in [1.54, 1.807) is 0 Å². The molecule has 4 aromatic heterocycles. The van der Waals surface area contributed by atoms with E-state index in [1.165, 1.54) is 63.8 Å². The third-order valence-electron chi connectivity index (χ3n) is 8.04. The maximum absolute atomic E-state index is 4.35. The van der Waals surface area contributed by atoms with Crippen LogP contribution >= 0.6 is 11.3 Å². The molecule has 4 aromatic carbocycles. The van der Waals surface area contributed by atoms with Gasteiger partial charge in [0, 0.05) is 65.5 Å². The van der Waals surface area contributed by atoms with Gasteiger partial charge in [-0.15, -0.1) is 17.1 Å². The summed E-state index contributed by atoms with van der Waals surface area (Å²) in [6.07, 6.45) is 14.1. The number of hydrogen-bond acceptors (Lipinski definition) is 2. The van der Waals surface area contributed by atoms with E-state index in [1.807, 2.05) is 35.9 Å². The molecule has 0 aliphatic heterocycles. The summed E-state index contributed by atoms with van der Waals surface area (Å²) < 4.78 is 7.53. The minimum Gasteiger partial charge on any atom is -0.307 e. The summed E-state index contributed by atoms with van der Waals surface area (Å²) in [5.74, 6) is 0. The van der Waals surface area contributed by atoms with E-state index in [0.717, 1.165) is 11.4 Å². The Hall–Kier alpha value is -5.15. The van der Waals surface area contributed by atoms with Crippen LogP contribution in [-0.2, 0) is 0 Å². The molecule has 0 bridgehead atoms. The fourth-order valence-corrected chi connectivity index (χ4v) is 7.78. The zero-order valence-corrected chi connectivity index (χ0v) is 22.2. The average Bonchev–Trinajstić information content (AvgIpc) is 3.57. The summed E-state index contributed by atoms with van der Waals surface area (Å²) >= 11 is 1.90. The van der Waals surface area contributed by atoms with Crippen LogP contribution < -0.4 is 0 Å². The first-order valence-corrected chi connectivity index (χ1v) is 14.2. The molecule has 40 heavy (non-hydrogen) atoms. The van der Waals surface area contributed by atoms with Crippen LogP contribution in [0.1, 0.15) is 0 Å². The summed E-state index contributed by atoms with van der Waals surface area (Å²) in [5.41, 5.74) is 10.3. The number of para-hydroxylation sites is 2. The van der Waals surface area contributed by atoms with Crippen LogP contribution in [0.3, 0.4) is 0 Å². The molecule has 4 heteroatoms. The van der Waals surface area contributed by atoms with Gasteiger partial charge in [0.25, 0.3) is 0 Å². The van der Waals surface area contributed by atoms with Crippen molar-refractivity contribution in [2.24, 2.45) is 0 Å². The van der Waals surface area contributed by atoms with Gasteiger partial charge in [-0.2, -0.15) is 0 Å². The lowest BCUT2D eigenvalue weighted by atomic mass is 10.0. The maximum Gasteiger partial charge on any atom is 0.0803 e. The Balaban J connectivity index is 1.69. The van der Waals surface area contributed by atoms with Crippen LogP contribution in [0.25, 0.3) is 75.2 Å². The van der Waals surface area contributed by atoms with Crippen LogP contribution in [0.15, 0.2) is 133 Å². The lowest BCUT2D eigenvalue weighted by molar-refractivity contribution is 1.15. The van der Waals surface area contributed by atoms with Gasteiger partial charge in [0.1, 0.15) is 0 Å². The SMILES string of the molecule is C1=CC=CC(n2c3ccccc3c3c4sc5ccccc5c4c4c5ccccc5n(-c5ccncc5)c4c32)=CC=1. The van der Waals surface area contributed by atoms with Gasteiger partial charge in [-0.25, -0.2) is 0 Å². The quantitative estimate of drug-likeness (QED) is 0.205. The Bertz CT molecular complexity index is 2460. The Morgan fingerprint density at radius 3 is 2.12 bits per heavy atom. The normalized spacial score (nSPS) is 13.4. The van der Waals surface area contributed by atoms with Crippen molar-refractivity contribution in [3.8, 4) is 5.69 Å². The molecule has 3 nitrogen and oxygen atoms in total. The summed E-state index contributed by atoms with van der Waals surface area (Å²) in [7, 11) is 0. The maximum atomic E-state index is 4.35. The third kappa shape index (κ3) is 2.81. The lowest BCUT2D eigenvalue weighted by Gasteiger charge is -2.13. The predicted molar refractivity (Wildman–Crippen MR) is 171 cm³/mol. The van der Waals surface area contributed by atoms with Gasteiger partial charge < -0.3 is 9.13 Å². The Morgan fingerprint density at radius 2 is 1.30 bits per heavy atom. The van der Waals surface area contributed by atoms with E-state index in [4.69, 9.17) is 0 Å².